The standard InChI is InChI=1S/C17H24N4S/c1-13-6-7-15(22-13)12-21-10-4-5-16(21)17-18-9-8-14(19-17)11-20(2)3/h6-9,16H,4-5,10-12H2,1-3H3. The molecule has 1 atom stereocenters. The fourth-order valence-corrected chi connectivity index (χ4v) is 3.98. The molecule has 1 aliphatic rings. The fraction of sp³-hybridized carbons (Fsp3) is 0.529. The molecule has 0 radical (unpaired) electrons. The van der Waals surface area contributed by atoms with Crippen molar-refractivity contribution in [2.24, 2.45) is 0 Å². The number of rotatable bonds is 5. The number of nitrogens with zero attached hydrogens (tertiary/aromatic N) is 4. The summed E-state index contributed by atoms with van der Waals surface area (Å²) in [6, 6.07) is 6.84. The van der Waals surface area contributed by atoms with Crippen molar-refractivity contribution in [2.75, 3.05) is 20.6 Å². The van der Waals surface area contributed by atoms with E-state index >= 15 is 0 Å². The van der Waals surface area contributed by atoms with Crippen molar-refractivity contribution in [2.45, 2.75) is 38.9 Å². The molecule has 1 unspecified atom stereocenters. The van der Waals surface area contributed by atoms with Gasteiger partial charge in [0.25, 0.3) is 0 Å². The highest BCUT2D eigenvalue weighted by Crippen LogP contribution is 2.32. The smallest absolute Gasteiger partial charge is 0.145 e. The Morgan fingerprint density at radius 3 is 2.91 bits per heavy atom. The molecule has 1 saturated heterocycles. The molecule has 1 aliphatic heterocycles. The third-order valence-corrected chi connectivity index (χ3v) is 5.01. The second kappa shape index (κ2) is 6.86. The second-order valence-corrected chi connectivity index (χ2v) is 7.66. The van der Waals surface area contributed by atoms with E-state index in [2.05, 4.69) is 47.9 Å². The molecule has 5 heteroatoms. The van der Waals surface area contributed by atoms with Gasteiger partial charge in [0, 0.05) is 29.0 Å². The van der Waals surface area contributed by atoms with Crippen LogP contribution in [0.25, 0.3) is 0 Å². The highest BCUT2D eigenvalue weighted by molar-refractivity contribution is 7.11. The van der Waals surface area contributed by atoms with Gasteiger partial charge in [-0.3, -0.25) is 4.90 Å². The van der Waals surface area contributed by atoms with Crippen LogP contribution in [0, 0.1) is 6.92 Å². The summed E-state index contributed by atoms with van der Waals surface area (Å²) < 4.78 is 0. The molecule has 0 spiro atoms. The maximum atomic E-state index is 4.80. The van der Waals surface area contributed by atoms with Gasteiger partial charge >= 0.3 is 0 Å². The summed E-state index contributed by atoms with van der Waals surface area (Å²) in [6.07, 6.45) is 4.30. The number of hydrogen-bond acceptors (Lipinski definition) is 5. The molecule has 22 heavy (non-hydrogen) atoms. The molecular formula is C17H24N4S. The first kappa shape index (κ1) is 15.6. The van der Waals surface area contributed by atoms with E-state index in [1.807, 2.05) is 23.6 Å². The fourth-order valence-electron chi connectivity index (χ4n) is 3.06. The third-order valence-electron chi connectivity index (χ3n) is 4.03. The first-order chi connectivity index (χ1) is 10.6. The van der Waals surface area contributed by atoms with Gasteiger partial charge in [-0.05, 0) is 58.6 Å². The van der Waals surface area contributed by atoms with Crippen LogP contribution in [0.2, 0.25) is 0 Å². The van der Waals surface area contributed by atoms with Crippen LogP contribution in [0.1, 0.15) is 40.2 Å². The number of hydrogen-bond donors (Lipinski definition) is 0. The Bertz CT molecular complexity index is 623. The zero-order chi connectivity index (χ0) is 15.5. The van der Waals surface area contributed by atoms with Crippen LogP contribution in [0.4, 0.5) is 0 Å². The zero-order valence-corrected chi connectivity index (χ0v) is 14.4. The summed E-state index contributed by atoms with van der Waals surface area (Å²) in [7, 11) is 4.14. The lowest BCUT2D eigenvalue weighted by Crippen LogP contribution is -2.24. The monoisotopic (exact) mass is 316 g/mol. The summed E-state index contributed by atoms with van der Waals surface area (Å²) in [5.74, 6) is 0.991. The van der Waals surface area contributed by atoms with E-state index in [1.165, 1.54) is 16.2 Å². The molecule has 0 aliphatic carbocycles. The highest BCUT2D eigenvalue weighted by Gasteiger charge is 2.28. The summed E-state index contributed by atoms with van der Waals surface area (Å²) >= 11 is 1.89. The van der Waals surface area contributed by atoms with Gasteiger partial charge in [-0.1, -0.05) is 0 Å². The van der Waals surface area contributed by atoms with Crippen LogP contribution in [0.3, 0.4) is 0 Å². The molecule has 4 nitrogen and oxygen atoms in total. The Balaban J connectivity index is 1.75. The largest absolute Gasteiger partial charge is 0.304 e. The molecule has 0 bridgehead atoms. The van der Waals surface area contributed by atoms with Crippen molar-refractivity contribution in [3.8, 4) is 0 Å². The number of thiophene rings is 1. The average molecular weight is 316 g/mol. The van der Waals surface area contributed by atoms with Crippen molar-refractivity contribution in [1.29, 1.82) is 0 Å². The van der Waals surface area contributed by atoms with Crippen LogP contribution in [0.5, 0.6) is 0 Å². The molecule has 2 aromatic heterocycles. The maximum absolute atomic E-state index is 4.80. The SMILES string of the molecule is Cc1ccc(CN2CCCC2c2nccc(CN(C)C)n2)s1. The maximum Gasteiger partial charge on any atom is 0.145 e. The van der Waals surface area contributed by atoms with E-state index in [4.69, 9.17) is 4.98 Å². The molecule has 2 aromatic rings. The van der Waals surface area contributed by atoms with Gasteiger partial charge in [-0.25, -0.2) is 9.97 Å². The summed E-state index contributed by atoms with van der Waals surface area (Å²) in [5.41, 5.74) is 1.11. The predicted octanol–water partition coefficient (Wildman–Crippen LogP) is 3.25. The van der Waals surface area contributed by atoms with E-state index in [9.17, 15) is 0 Å². The van der Waals surface area contributed by atoms with Crippen LogP contribution in [-0.4, -0.2) is 40.4 Å². The third kappa shape index (κ3) is 3.72. The van der Waals surface area contributed by atoms with E-state index in [-0.39, 0.29) is 0 Å². The van der Waals surface area contributed by atoms with Crippen LogP contribution in [0.15, 0.2) is 24.4 Å². The minimum atomic E-state index is 0.365. The molecule has 1 fully saturated rings. The molecule has 118 valence electrons. The molecule has 0 amide bonds. The molecule has 0 aromatic carbocycles. The molecule has 0 saturated carbocycles. The van der Waals surface area contributed by atoms with Crippen molar-refractivity contribution < 1.29 is 0 Å². The Kier molecular flexibility index (Phi) is 4.86. The first-order valence-corrected chi connectivity index (χ1v) is 8.69. The number of aryl methyl sites for hydroxylation is 1. The van der Waals surface area contributed by atoms with E-state index < -0.39 is 0 Å². The predicted molar refractivity (Wildman–Crippen MR) is 90.9 cm³/mol. The van der Waals surface area contributed by atoms with Crippen molar-refractivity contribution >= 4 is 11.3 Å². The van der Waals surface area contributed by atoms with Gasteiger partial charge in [0.2, 0.25) is 0 Å². The topological polar surface area (TPSA) is 32.3 Å². The van der Waals surface area contributed by atoms with Gasteiger partial charge < -0.3 is 4.90 Å². The number of likely N-dealkylation sites (tertiary alicyclic amines) is 1. The van der Waals surface area contributed by atoms with Crippen molar-refractivity contribution in [3.63, 3.8) is 0 Å². The summed E-state index contributed by atoms with van der Waals surface area (Å²) in [4.78, 5) is 16.9. The molecule has 3 rings (SSSR count). The second-order valence-electron chi connectivity index (χ2n) is 6.28. The van der Waals surface area contributed by atoms with Crippen LogP contribution < -0.4 is 0 Å². The lowest BCUT2D eigenvalue weighted by molar-refractivity contribution is 0.241. The Morgan fingerprint density at radius 1 is 1.32 bits per heavy atom. The van der Waals surface area contributed by atoms with E-state index in [1.54, 1.807) is 0 Å². The highest BCUT2D eigenvalue weighted by atomic mass is 32.1. The zero-order valence-electron chi connectivity index (χ0n) is 13.6. The van der Waals surface area contributed by atoms with Gasteiger partial charge in [0.1, 0.15) is 5.82 Å². The van der Waals surface area contributed by atoms with Crippen molar-refractivity contribution in [1.82, 2.24) is 19.8 Å². The molecular weight excluding hydrogens is 292 g/mol. The quantitative estimate of drug-likeness (QED) is 0.847. The first-order valence-electron chi connectivity index (χ1n) is 7.88. The molecule has 0 N–H and O–H groups in total. The Morgan fingerprint density at radius 2 is 2.18 bits per heavy atom. The van der Waals surface area contributed by atoms with Crippen LogP contribution >= 0.6 is 11.3 Å². The normalized spacial score (nSPS) is 19.2. The van der Waals surface area contributed by atoms with E-state index in [0.717, 1.165) is 37.6 Å². The lowest BCUT2D eigenvalue weighted by Gasteiger charge is -2.23. The van der Waals surface area contributed by atoms with Crippen molar-refractivity contribution in [3.05, 3.63) is 45.7 Å². The van der Waals surface area contributed by atoms with E-state index in [0.29, 0.717) is 6.04 Å². The summed E-state index contributed by atoms with van der Waals surface area (Å²) in [6.45, 7) is 5.20. The Labute approximate surface area is 136 Å². The van der Waals surface area contributed by atoms with Gasteiger partial charge in [-0.15, -0.1) is 11.3 Å². The van der Waals surface area contributed by atoms with Gasteiger partial charge in [-0.2, -0.15) is 0 Å². The summed E-state index contributed by atoms with van der Waals surface area (Å²) in [5, 5.41) is 0. The minimum Gasteiger partial charge on any atom is -0.304 e. The Hall–Kier alpha value is -1.30. The minimum absolute atomic E-state index is 0.365. The lowest BCUT2D eigenvalue weighted by atomic mass is 10.2. The average Bonchev–Trinajstić information content (AvgIpc) is 3.08. The van der Waals surface area contributed by atoms with Gasteiger partial charge in [0.05, 0.1) is 11.7 Å². The number of aromatic nitrogens is 2. The molecule has 3 heterocycles. The van der Waals surface area contributed by atoms with Crippen LogP contribution in [-0.2, 0) is 13.1 Å². The van der Waals surface area contributed by atoms with Gasteiger partial charge in [0.15, 0.2) is 0 Å².